The predicted molar refractivity (Wildman–Crippen MR) is 74.2 cm³/mol. The van der Waals surface area contributed by atoms with Gasteiger partial charge >= 0.3 is 12.0 Å². The zero-order valence-electron chi connectivity index (χ0n) is 10.4. The van der Waals surface area contributed by atoms with Gasteiger partial charge in [0.05, 0.1) is 0 Å². The van der Waals surface area contributed by atoms with Crippen molar-refractivity contribution in [3.63, 3.8) is 0 Å². The van der Waals surface area contributed by atoms with E-state index in [-0.39, 0.29) is 6.03 Å². The van der Waals surface area contributed by atoms with Crippen molar-refractivity contribution in [2.45, 2.75) is 6.04 Å². The van der Waals surface area contributed by atoms with E-state index in [1.165, 1.54) is 0 Å². The highest BCUT2D eigenvalue weighted by Gasteiger charge is 2.25. The normalized spacial score (nSPS) is 16.7. The van der Waals surface area contributed by atoms with Crippen LogP contribution in [0.3, 0.4) is 0 Å². The van der Waals surface area contributed by atoms with Crippen molar-refractivity contribution >= 4 is 23.8 Å². The van der Waals surface area contributed by atoms with Crippen LogP contribution in [0.25, 0.3) is 0 Å². The van der Waals surface area contributed by atoms with Gasteiger partial charge in [0.25, 0.3) is 0 Å². The molecule has 19 heavy (non-hydrogen) atoms. The highest BCUT2D eigenvalue weighted by molar-refractivity contribution is 7.99. The van der Waals surface area contributed by atoms with Crippen LogP contribution in [0.2, 0.25) is 0 Å². The van der Waals surface area contributed by atoms with E-state index in [0.29, 0.717) is 18.7 Å². The molecule has 1 aromatic rings. The maximum atomic E-state index is 12.0. The molecule has 1 aliphatic heterocycles. The number of carbonyl (C=O) groups is 2. The number of rotatable bonds is 3. The summed E-state index contributed by atoms with van der Waals surface area (Å²) in [7, 11) is 0. The maximum absolute atomic E-state index is 12.0. The fraction of sp³-hybridized carbons (Fsp3) is 0.385. The molecule has 0 spiro atoms. The molecule has 1 fully saturated rings. The average molecular weight is 280 g/mol. The van der Waals surface area contributed by atoms with E-state index in [9.17, 15) is 14.7 Å². The summed E-state index contributed by atoms with van der Waals surface area (Å²) >= 11 is 1.80. The highest BCUT2D eigenvalue weighted by Crippen LogP contribution is 2.15. The molecule has 0 radical (unpaired) electrons. The van der Waals surface area contributed by atoms with Gasteiger partial charge < -0.3 is 15.3 Å². The lowest BCUT2D eigenvalue weighted by atomic mass is 10.1. The molecule has 1 heterocycles. The molecule has 1 aliphatic rings. The SMILES string of the molecule is O=C(O)C(NC(=O)N1CCSCC1)c1ccccc1. The van der Waals surface area contributed by atoms with E-state index in [0.717, 1.165) is 11.5 Å². The molecule has 6 heteroatoms. The first-order valence-corrected chi connectivity index (χ1v) is 7.25. The molecule has 0 aliphatic carbocycles. The number of nitrogens with one attached hydrogen (secondary N) is 1. The Morgan fingerprint density at radius 2 is 1.84 bits per heavy atom. The van der Waals surface area contributed by atoms with Crippen LogP contribution in [-0.2, 0) is 4.79 Å². The predicted octanol–water partition coefficient (Wildman–Crippen LogP) is 1.57. The Labute approximate surface area is 116 Å². The second-order valence-electron chi connectivity index (χ2n) is 4.23. The number of nitrogens with zero attached hydrogens (tertiary/aromatic N) is 1. The number of urea groups is 1. The van der Waals surface area contributed by atoms with Gasteiger partial charge in [0.15, 0.2) is 6.04 Å². The first kappa shape index (κ1) is 13.7. The molecule has 0 aromatic heterocycles. The molecule has 2 rings (SSSR count). The Balaban J connectivity index is 2.04. The van der Waals surface area contributed by atoms with Gasteiger partial charge in [-0.15, -0.1) is 0 Å². The minimum Gasteiger partial charge on any atom is -0.479 e. The molecule has 0 saturated carbocycles. The number of amides is 2. The van der Waals surface area contributed by atoms with Gasteiger partial charge in [-0.3, -0.25) is 0 Å². The molecular formula is C13H16N2O3S. The van der Waals surface area contributed by atoms with Gasteiger partial charge in [-0.25, -0.2) is 9.59 Å². The highest BCUT2D eigenvalue weighted by atomic mass is 32.2. The summed E-state index contributed by atoms with van der Waals surface area (Å²) in [6.45, 7) is 1.33. The summed E-state index contributed by atoms with van der Waals surface area (Å²) in [6.07, 6.45) is 0. The molecule has 2 N–H and O–H groups in total. The Kier molecular flexibility index (Phi) is 4.68. The van der Waals surface area contributed by atoms with Crippen LogP contribution < -0.4 is 5.32 Å². The van der Waals surface area contributed by atoms with Crippen molar-refractivity contribution in [1.82, 2.24) is 10.2 Å². The van der Waals surface area contributed by atoms with Crippen molar-refractivity contribution < 1.29 is 14.7 Å². The smallest absolute Gasteiger partial charge is 0.330 e. The summed E-state index contributed by atoms with van der Waals surface area (Å²) < 4.78 is 0. The zero-order valence-corrected chi connectivity index (χ0v) is 11.2. The second kappa shape index (κ2) is 6.47. The van der Waals surface area contributed by atoms with Crippen LogP contribution in [0.4, 0.5) is 4.79 Å². The van der Waals surface area contributed by atoms with E-state index >= 15 is 0 Å². The number of benzene rings is 1. The fourth-order valence-electron chi connectivity index (χ4n) is 1.91. The van der Waals surface area contributed by atoms with Crippen molar-refractivity contribution in [3.05, 3.63) is 35.9 Å². The third kappa shape index (κ3) is 3.64. The average Bonchev–Trinajstić information content (AvgIpc) is 2.46. The number of carbonyl (C=O) groups excluding carboxylic acids is 1. The Bertz CT molecular complexity index is 446. The number of carboxylic acid groups (broad SMARTS) is 1. The van der Waals surface area contributed by atoms with Crippen molar-refractivity contribution in [2.24, 2.45) is 0 Å². The van der Waals surface area contributed by atoms with Crippen molar-refractivity contribution in [1.29, 1.82) is 0 Å². The number of hydrogen-bond donors (Lipinski definition) is 2. The molecule has 1 unspecified atom stereocenters. The summed E-state index contributed by atoms with van der Waals surface area (Å²) in [6, 6.07) is 7.42. The van der Waals surface area contributed by atoms with E-state index < -0.39 is 12.0 Å². The lowest BCUT2D eigenvalue weighted by Gasteiger charge is -2.28. The number of carboxylic acids is 1. The van der Waals surface area contributed by atoms with Crippen LogP contribution in [0.15, 0.2) is 30.3 Å². The van der Waals surface area contributed by atoms with Gasteiger partial charge in [-0.2, -0.15) is 11.8 Å². The van der Waals surface area contributed by atoms with Crippen molar-refractivity contribution in [2.75, 3.05) is 24.6 Å². The lowest BCUT2D eigenvalue weighted by Crippen LogP contribution is -2.46. The largest absolute Gasteiger partial charge is 0.479 e. The van der Waals surface area contributed by atoms with E-state index in [1.54, 1.807) is 40.9 Å². The summed E-state index contributed by atoms with van der Waals surface area (Å²) in [5.74, 6) is 0.749. The minimum atomic E-state index is -1.05. The minimum absolute atomic E-state index is 0.309. The quantitative estimate of drug-likeness (QED) is 0.882. The summed E-state index contributed by atoms with van der Waals surface area (Å²) in [5.41, 5.74) is 0.578. The molecule has 2 amide bonds. The third-order valence-corrected chi connectivity index (χ3v) is 3.89. The van der Waals surface area contributed by atoms with E-state index in [1.807, 2.05) is 6.07 Å². The molecule has 1 saturated heterocycles. The van der Waals surface area contributed by atoms with E-state index in [4.69, 9.17) is 0 Å². The monoisotopic (exact) mass is 280 g/mol. The van der Waals surface area contributed by atoms with Crippen molar-refractivity contribution in [3.8, 4) is 0 Å². The van der Waals surface area contributed by atoms with Crippen LogP contribution >= 0.6 is 11.8 Å². The fourth-order valence-corrected chi connectivity index (χ4v) is 2.82. The first-order valence-electron chi connectivity index (χ1n) is 6.09. The van der Waals surface area contributed by atoms with Crippen LogP contribution in [0, 0.1) is 0 Å². The van der Waals surface area contributed by atoms with Gasteiger partial charge in [-0.1, -0.05) is 30.3 Å². The topological polar surface area (TPSA) is 69.6 Å². The van der Waals surface area contributed by atoms with Gasteiger partial charge in [0, 0.05) is 24.6 Å². The number of hydrogen-bond acceptors (Lipinski definition) is 3. The zero-order chi connectivity index (χ0) is 13.7. The van der Waals surface area contributed by atoms with Crippen LogP contribution in [0.1, 0.15) is 11.6 Å². The molecular weight excluding hydrogens is 264 g/mol. The summed E-state index contributed by atoms with van der Waals surface area (Å²) in [5, 5.41) is 11.8. The second-order valence-corrected chi connectivity index (χ2v) is 5.46. The molecule has 1 aromatic carbocycles. The Hall–Kier alpha value is -1.69. The third-order valence-electron chi connectivity index (χ3n) is 2.95. The molecule has 102 valence electrons. The maximum Gasteiger partial charge on any atom is 0.330 e. The van der Waals surface area contributed by atoms with Gasteiger partial charge in [0.2, 0.25) is 0 Å². The first-order chi connectivity index (χ1) is 9.18. The number of thioether (sulfide) groups is 1. The van der Waals surface area contributed by atoms with Gasteiger partial charge in [0.1, 0.15) is 0 Å². The molecule has 0 bridgehead atoms. The lowest BCUT2D eigenvalue weighted by molar-refractivity contribution is -0.139. The van der Waals surface area contributed by atoms with E-state index in [2.05, 4.69) is 5.32 Å². The van der Waals surface area contributed by atoms with Crippen LogP contribution in [-0.4, -0.2) is 46.6 Å². The molecule has 5 nitrogen and oxygen atoms in total. The number of aliphatic carboxylic acids is 1. The standard InChI is InChI=1S/C13H16N2O3S/c16-12(17)11(10-4-2-1-3-5-10)14-13(18)15-6-8-19-9-7-15/h1-5,11H,6-9H2,(H,14,18)(H,16,17). The Morgan fingerprint density at radius 3 is 2.42 bits per heavy atom. The summed E-state index contributed by atoms with van der Waals surface area (Å²) in [4.78, 5) is 25.0. The van der Waals surface area contributed by atoms with Gasteiger partial charge in [-0.05, 0) is 5.56 Å². The molecule has 1 atom stereocenters. The van der Waals surface area contributed by atoms with Crippen LogP contribution in [0.5, 0.6) is 0 Å². The Morgan fingerprint density at radius 1 is 1.21 bits per heavy atom.